The summed E-state index contributed by atoms with van der Waals surface area (Å²) >= 11 is 0. The number of carboxylic acids is 3. The molecule has 55 heavy (non-hydrogen) atoms. The van der Waals surface area contributed by atoms with Gasteiger partial charge >= 0.3 is 88.7 Å². The summed E-state index contributed by atoms with van der Waals surface area (Å²) in [5.74, 6) is -19.6. The van der Waals surface area contributed by atoms with Crippen molar-refractivity contribution in [2.24, 2.45) is 17.8 Å². The molecule has 22 nitrogen and oxygen atoms in total. The minimum Gasteiger partial charge on any atom is -0.544 e. The molecule has 0 bridgehead atoms. The van der Waals surface area contributed by atoms with Crippen molar-refractivity contribution < 1.29 is 198 Å². The molecule has 0 aromatic carbocycles. The van der Waals surface area contributed by atoms with Gasteiger partial charge in [-0.25, -0.2) is 0 Å². The zero-order chi connectivity index (χ0) is 39.7. The van der Waals surface area contributed by atoms with E-state index in [9.17, 15) is 85.9 Å². The Morgan fingerprint density at radius 3 is 1.24 bits per heavy atom. The molecule has 25 heteroatoms. The molecule has 3 saturated heterocycles. The molecule has 11 N–H and O–H groups in total. The third kappa shape index (κ3) is 12.0. The van der Waals surface area contributed by atoms with Gasteiger partial charge in [0, 0.05) is 37.0 Å². The molecule has 7 unspecified atom stereocenters. The first kappa shape index (κ1) is 55.8. The number of carbonyl (C=O) groups excluding carboxylic acids is 3. The van der Waals surface area contributed by atoms with Crippen LogP contribution in [0.2, 0.25) is 0 Å². The van der Waals surface area contributed by atoms with Crippen LogP contribution in [0, 0.1) is 17.8 Å². The van der Waals surface area contributed by atoms with Crippen molar-refractivity contribution >= 4 is 17.9 Å². The number of hydrogen-bond donors (Lipinski definition) is 11. The molecule has 0 aromatic rings. The molecule has 18 atom stereocenters. The van der Waals surface area contributed by atoms with Gasteiger partial charge in [0.25, 0.3) is 0 Å². The van der Waals surface area contributed by atoms with Crippen molar-refractivity contribution in [2.75, 3.05) is 19.8 Å². The summed E-state index contributed by atoms with van der Waals surface area (Å²) in [5, 5.41) is 151. The summed E-state index contributed by atoms with van der Waals surface area (Å²) in [5.41, 5.74) is 0. The maximum absolute atomic E-state index is 12.6. The van der Waals surface area contributed by atoms with E-state index in [1.807, 2.05) is 0 Å². The van der Waals surface area contributed by atoms with Crippen molar-refractivity contribution in [3.63, 3.8) is 0 Å². The van der Waals surface area contributed by atoms with Gasteiger partial charge in [0.1, 0.15) is 54.5 Å². The van der Waals surface area contributed by atoms with Gasteiger partial charge in [-0.05, 0) is 0 Å². The van der Waals surface area contributed by atoms with Crippen LogP contribution in [0.4, 0.5) is 0 Å². The van der Waals surface area contributed by atoms with Gasteiger partial charge in [0.05, 0.1) is 56.4 Å². The van der Waals surface area contributed by atoms with Gasteiger partial charge in [-0.15, -0.1) is 0 Å². The molecule has 302 valence electrons. The molecule has 3 fully saturated rings. The topological polar surface area (TPSA) is 389 Å². The van der Waals surface area contributed by atoms with Crippen LogP contribution in [-0.2, 0) is 38.1 Å². The summed E-state index contributed by atoms with van der Waals surface area (Å²) in [6.45, 7) is 0.238. The van der Waals surface area contributed by atoms with Gasteiger partial charge in [-0.2, -0.15) is 0 Å². The van der Waals surface area contributed by atoms with Gasteiger partial charge in [0.2, 0.25) is 17.4 Å². The number of aliphatic carboxylic acids is 3. The summed E-state index contributed by atoms with van der Waals surface area (Å²) < 4.78 is 27.0. The maximum atomic E-state index is 12.6. The van der Waals surface area contributed by atoms with E-state index < -0.39 is 165 Å². The van der Waals surface area contributed by atoms with E-state index in [0.717, 1.165) is 0 Å². The molecule has 3 aliphatic heterocycles. The average Bonchev–Trinajstić information content (AvgIpc) is 3.09. The zero-order valence-electron chi connectivity index (χ0n) is 31.3. The van der Waals surface area contributed by atoms with Crippen LogP contribution in [0.25, 0.3) is 0 Å². The Morgan fingerprint density at radius 1 is 0.600 bits per heavy atom. The van der Waals surface area contributed by atoms with E-state index in [0.29, 0.717) is 0 Å². The van der Waals surface area contributed by atoms with Crippen LogP contribution in [-0.4, -0.2) is 185 Å². The normalized spacial score (nSPS) is 39.7. The van der Waals surface area contributed by atoms with Crippen LogP contribution in [0.15, 0.2) is 0 Å². The Labute approximate surface area is 381 Å². The Bertz CT molecular complexity index is 1260. The summed E-state index contributed by atoms with van der Waals surface area (Å²) in [6.07, 6.45) is -26.2. The number of hydrogen-bond acceptors (Lipinski definition) is 22. The fraction of sp³-hybridized carbons (Fsp3) is 0.900. The smallest absolute Gasteiger partial charge is 0.544 e. The molecule has 0 aromatic heterocycles. The van der Waals surface area contributed by atoms with Gasteiger partial charge in [-0.3, -0.25) is 0 Å². The standard InChI is InChI=1S/C30H50O22.3Na/c1-10-13(34)4-28(47,25(41)42)50-23(10)20(39)17(8-32)48-30(27(45)46)6-15(36)12(3)24(52-30)21(40)18(9-33)49-29(26(43)44)5-14(35)11(2)22(51-29)19(38)16(37)7-31;;;/h10-24,31-40,47H,4-9H2,1-3H3,(H,41,42)(H,43,44)(H,45,46);;;/q;3*+1/p-3/t10-,11-,12-,13-,14-,15-,16-,17?,18-,19?,20?,21?,22?,23?,24?,28-,29-,30-;;;/m1.../s1. The Hall–Kier alpha value is 0.770. The van der Waals surface area contributed by atoms with Crippen LogP contribution in [0.1, 0.15) is 40.0 Å². The van der Waals surface area contributed by atoms with E-state index in [1.165, 1.54) is 20.8 Å². The van der Waals surface area contributed by atoms with E-state index in [1.54, 1.807) is 0 Å². The maximum Gasteiger partial charge on any atom is 1.00 e. The largest absolute Gasteiger partial charge is 1.00 e. The predicted octanol–water partition coefficient (Wildman–Crippen LogP) is -19.1. The van der Waals surface area contributed by atoms with Crippen LogP contribution < -0.4 is 104 Å². The SMILES string of the molecule is C[C@H]1C(C(O)C(CO)O[C@]2(C(=O)[O-])C[C@@H](O)[C@@H](C)C(C(O)[C@@H](CO)O[C@]3(C(=O)[O-])C[C@@H](O)[C@@H](C)C(C(O)[C@H](O)CO)O3)O2)O[C@@](O)(C(=O)[O-])C[C@H]1O.[Na+].[Na+].[Na+]. The van der Waals surface area contributed by atoms with E-state index in [4.69, 9.17) is 23.7 Å². The van der Waals surface area contributed by atoms with Crippen molar-refractivity contribution in [1.29, 1.82) is 0 Å². The van der Waals surface area contributed by atoms with Crippen molar-refractivity contribution in [3.05, 3.63) is 0 Å². The second-order valence-corrected chi connectivity index (χ2v) is 13.7. The Balaban J connectivity index is 0.00000972. The Morgan fingerprint density at radius 2 is 0.927 bits per heavy atom. The minimum absolute atomic E-state index is 0. The molecule has 0 spiro atoms. The molecule has 3 heterocycles. The Kier molecular flexibility index (Phi) is 22.9. The molecule has 0 radical (unpaired) electrons. The molecular weight excluding hydrogens is 781 g/mol. The summed E-state index contributed by atoms with van der Waals surface area (Å²) in [4.78, 5) is 36.5. The second-order valence-electron chi connectivity index (χ2n) is 13.7. The first-order chi connectivity index (χ1) is 24.0. The molecule has 3 rings (SSSR count). The fourth-order valence-corrected chi connectivity index (χ4v) is 6.63. The average molecular weight is 829 g/mol. The number of carbonyl (C=O) groups is 3. The van der Waals surface area contributed by atoms with Crippen LogP contribution in [0.5, 0.6) is 0 Å². The van der Waals surface area contributed by atoms with Crippen molar-refractivity contribution in [2.45, 2.75) is 131 Å². The number of rotatable bonds is 16. The first-order valence-corrected chi connectivity index (χ1v) is 16.4. The predicted molar refractivity (Wildman–Crippen MR) is 154 cm³/mol. The molecule has 0 saturated carbocycles. The van der Waals surface area contributed by atoms with E-state index in [2.05, 4.69) is 0 Å². The van der Waals surface area contributed by atoms with E-state index in [-0.39, 0.29) is 88.7 Å². The summed E-state index contributed by atoms with van der Waals surface area (Å²) in [6, 6.07) is 0. The first-order valence-electron chi connectivity index (χ1n) is 16.4. The van der Waals surface area contributed by atoms with Gasteiger partial charge < -0.3 is 110 Å². The number of carboxylic acid groups (broad SMARTS) is 3. The van der Waals surface area contributed by atoms with Crippen LogP contribution in [0.3, 0.4) is 0 Å². The third-order valence-corrected chi connectivity index (χ3v) is 10.1. The van der Waals surface area contributed by atoms with Crippen molar-refractivity contribution in [1.82, 2.24) is 0 Å². The fourth-order valence-electron chi connectivity index (χ4n) is 6.63. The summed E-state index contributed by atoms with van der Waals surface area (Å²) in [7, 11) is 0. The number of ether oxygens (including phenoxy) is 5. The molecule has 0 aliphatic carbocycles. The molecule has 3 aliphatic rings. The van der Waals surface area contributed by atoms with Gasteiger partial charge in [-0.1, -0.05) is 20.8 Å². The van der Waals surface area contributed by atoms with Crippen LogP contribution >= 0.6 is 0 Å². The molecular formula is C30H47Na3O22. The monoisotopic (exact) mass is 828 g/mol. The second kappa shape index (κ2) is 22.6. The quantitative estimate of drug-likeness (QED) is 0.0643. The number of aliphatic hydroxyl groups excluding tert-OH is 10. The van der Waals surface area contributed by atoms with Gasteiger partial charge in [0.15, 0.2) is 0 Å². The van der Waals surface area contributed by atoms with Crippen molar-refractivity contribution in [3.8, 4) is 0 Å². The third-order valence-electron chi connectivity index (χ3n) is 10.1. The zero-order valence-corrected chi connectivity index (χ0v) is 37.3. The molecule has 0 amide bonds. The van der Waals surface area contributed by atoms with E-state index >= 15 is 0 Å². The number of aliphatic hydroxyl groups is 11. The minimum atomic E-state index is -3.18.